The maximum atomic E-state index is 4.87. The number of hydrogen-bond donors (Lipinski definition) is 0. The number of aromatic nitrogens is 4. The average molecular weight is 651 g/mol. The molecule has 238 valence electrons. The summed E-state index contributed by atoms with van der Waals surface area (Å²) in [5, 5.41) is 7.30. The molecule has 0 saturated carbocycles. The van der Waals surface area contributed by atoms with Gasteiger partial charge in [-0.2, -0.15) is 0 Å². The summed E-state index contributed by atoms with van der Waals surface area (Å²) in [7, 11) is 0. The number of nitrogens with zero attached hydrogens (tertiary/aromatic N) is 4. The molecule has 11 rings (SSSR count). The van der Waals surface area contributed by atoms with Gasteiger partial charge in [-0.05, 0) is 78.4 Å². The summed E-state index contributed by atoms with van der Waals surface area (Å²) in [4.78, 5) is 4.87. The first-order valence-corrected chi connectivity index (χ1v) is 17.4. The lowest BCUT2D eigenvalue weighted by Gasteiger charge is -2.13. The summed E-state index contributed by atoms with van der Waals surface area (Å²) in [5.41, 5.74) is 12.6. The van der Waals surface area contributed by atoms with Crippen molar-refractivity contribution in [1.29, 1.82) is 0 Å². The molecule has 7 aromatic carbocycles. The first-order chi connectivity index (χ1) is 25.3. The number of rotatable bonds is 4. The molecule has 4 heteroatoms. The molecule has 0 N–H and O–H groups in total. The second kappa shape index (κ2) is 10.8. The Morgan fingerprint density at radius 2 is 0.941 bits per heavy atom. The van der Waals surface area contributed by atoms with Crippen molar-refractivity contribution in [3.05, 3.63) is 182 Å². The van der Waals surface area contributed by atoms with E-state index in [1.807, 2.05) is 12.3 Å². The van der Waals surface area contributed by atoms with E-state index in [2.05, 4.69) is 184 Å². The lowest BCUT2D eigenvalue weighted by molar-refractivity contribution is 1.13. The summed E-state index contributed by atoms with van der Waals surface area (Å²) < 4.78 is 7.12. The summed E-state index contributed by atoms with van der Waals surface area (Å²) in [6.45, 7) is 0. The van der Waals surface area contributed by atoms with Gasteiger partial charge in [-0.1, -0.05) is 103 Å². The van der Waals surface area contributed by atoms with Gasteiger partial charge in [0.2, 0.25) is 0 Å². The number of fused-ring (bicyclic) bond motifs is 9. The van der Waals surface area contributed by atoms with Gasteiger partial charge >= 0.3 is 0 Å². The summed E-state index contributed by atoms with van der Waals surface area (Å²) in [5.74, 6) is 0. The van der Waals surface area contributed by atoms with Crippen LogP contribution in [0.2, 0.25) is 0 Å². The van der Waals surface area contributed by atoms with Gasteiger partial charge in [-0.25, -0.2) is 4.98 Å². The number of benzene rings is 7. The second-order valence-corrected chi connectivity index (χ2v) is 13.2. The highest BCUT2D eigenvalue weighted by Gasteiger charge is 2.20. The molecule has 0 atom stereocenters. The third kappa shape index (κ3) is 4.05. The van der Waals surface area contributed by atoms with Crippen LogP contribution in [0, 0.1) is 0 Å². The fourth-order valence-electron chi connectivity index (χ4n) is 8.33. The Hall–Kier alpha value is -6.91. The number of para-hydroxylation sites is 5. The molecule has 4 heterocycles. The standard InChI is InChI=1S/C47H30N4/c1-3-13-32(14-4-1)49-42-22-9-8-18-37(42)41-29-31(24-27-44(41)49)35-19-11-20-39-38-26-25-34(30-45(38)50(46(35)39)33-15-5-2-6-16-33)51-43-23-10-7-17-36(43)40-21-12-28-48-47(40)51/h1-30H. The maximum absolute atomic E-state index is 4.87. The molecule has 11 aromatic rings. The molecule has 0 radical (unpaired) electrons. The van der Waals surface area contributed by atoms with Crippen LogP contribution in [0.5, 0.6) is 0 Å². The van der Waals surface area contributed by atoms with Crippen molar-refractivity contribution in [3.8, 4) is 28.2 Å². The van der Waals surface area contributed by atoms with Crippen molar-refractivity contribution in [2.75, 3.05) is 0 Å². The first kappa shape index (κ1) is 28.0. The maximum Gasteiger partial charge on any atom is 0.145 e. The molecule has 0 amide bonds. The Balaban J connectivity index is 1.20. The van der Waals surface area contributed by atoms with Gasteiger partial charge in [-0.3, -0.25) is 4.57 Å². The van der Waals surface area contributed by atoms with Crippen LogP contribution in [0.1, 0.15) is 0 Å². The zero-order valence-corrected chi connectivity index (χ0v) is 27.6. The van der Waals surface area contributed by atoms with Gasteiger partial charge in [0.05, 0.1) is 27.6 Å². The van der Waals surface area contributed by atoms with Crippen LogP contribution >= 0.6 is 0 Å². The molecule has 51 heavy (non-hydrogen) atoms. The van der Waals surface area contributed by atoms with Crippen LogP contribution in [0.3, 0.4) is 0 Å². The highest BCUT2D eigenvalue weighted by atomic mass is 15.1. The van der Waals surface area contributed by atoms with Gasteiger partial charge in [0.25, 0.3) is 0 Å². The molecule has 0 aliphatic rings. The highest BCUT2D eigenvalue weighted by molar-refractivity contribution is 6.16. The van der Waals surface area contributed by atoms with Crippen molar-refractivity contribution in [1.82, 2.24) is 18.7 Å². The van der Waals surface area contributed by atoms with Crippen molar-refractivity contribution >= 4 is 65.5 Å². The molecule has 0 fully saturated rings. The zero-order valence-electron chi connectivity index (χ0n) is 27.6. The summed E-state index contributed by atoms with van der Waals surface area (Å²) in [6.07, 6.45) is 1.89. The topological polar surface area (TPSA) is 27.7 Å². The van der Waals surface area contributed by atoms with Crippen LogP contribution in [0.25, 0.3) is 93.7 Å². The van der Waals surface area contributed by atoms with Crippen molar-refractivity contribution < 1.29 is 0 Å². The minimum Gasteiger partial charge on any atom is -0.309 e. The Morgan fingerprint density at radius 3 is 1.73 bits per heavy atom. The van der Waals surface area contributed by atoms with Crippen LogP contribution in [-0.2, 0) is 0 Å². The molecule has 0 spiro atoms. The molecular formula is C47H30N4. The van der Waals surface area contributed by atoms with E-state index in [1.165, 1.54) is 54.6 Å². The van der Waals surface area contributed by atoms with Crippen LogP contribution in [0.15, 0.2) is 182 Å². The Labute approximate surface area is 293 Å². The quantitative estimate of drug-likeness (QED) is 0.186. The van der Waals surface area contributed by atoms with Crippen LogP contribution < -0.4 is 0 Å². The number of hydrogen-bond acceptors (Lipinski definition) is 1. The summed E-state index contributed by atoms with van der Waals surface area (Å²) >= 11 is 0. The predicted molar refractivity (Wildman–Crippen MR) is 213 cm³/mol. The predicted octanol–water partition coefficient (Wildman–Crippen LogP) is 12.0. The molecule has 0 bridgehead atoms. The lowest BCUT2D eigenvalue weighted by Crippen LogP contribution is -1.98. The Kier molecular flexibility index (Phi) is 5.92. The van der Waals surface area contributed by atoms with E-state index in [4.69, 9.17) is 4.98 Å². The largest absolute Gasteiger partial charge is 0.309 e. The van der Waals surface area contributed by atoms with E-state index in [-0.39, 0.29) is 0 Å². The molecule has 0 saturated heterocycles. The zero-order chi connectivity index (χ0) is 33.5. The molecular weight excluding hydrogens is 621 g/mol. The SMILES string of the molecule is c1ccc(-n2c3ccccc3c3cc(-c4cccc5c6ccc(-n7c8ccccc8c8cccnc87)cc6n(-c6ccccc6)c45)ccc32)cc1. The molecule has 0 unspecified atom stereocenters. The fourth-order valence-corrected chi connectivity index (χ4v) is 8.33. The fraction of sp³-hybridized carbons (Fsp3) is 0. The minimum absolute atomic E-state index is 0.962. The average Bonchev–Trinajstić information content (AvgIpc) is 3.84. The third-order valence-corrected chi connectivity index (χ3v) is 10.5. The van der Waals surface area contributed by atoms with Gasteiger partial charge in [0, 0.05) is 61.1 Å². The highest BCUT2D eigenvalue weighted by Crippen LogP contribution is 2.42. The van der Waals surface area contributed by atoms with Gasteiger partial charge in [-0.15, -0.1) is 0 Å². The molecule has 4 nitrogen and oxygen atoms in total. The normalized spacial score (nSPS) is 11.9. The van der Waals surface area contributed by atoms with E-state index in [0.29, 0.717) is 0 Å². The van der Waals surface area contributed by atoms with Crippen molar-refractivity contribution in [3.63, 3.8) is 0 Å². The smallest absolute Gasteiger partial charge is 0.145 e. The number of pyridine rings is 1. The molecule has 0 aliphatic heterocycles. The van der Waals surface area contributed by atoms with Gasteiger partial charge in [0.1, 0.15) is 5.65 Å². The second-order valence-electron chi connectivity index (χ2n) is 13.2. The van der Waals surface area contributed by atoms with E-state index >= 15 is 0 Å². The third-order valence-electron chi connectivity index (χ3n) is 10.5. The van der Waals surface area contributed by atoms with Gasteiger partial charge in [0.15, 0.2) is 0 Å². The monoisotopic (exact) mass is 650 g/mol. The van der Waals surface area contributed by atoms with E-state index in [0.717, 1.165) is 39.1 Å². The molecule has 0 aliphatic carbocycles. The Morgan fingerprint density at radius 1 is 0.333 bits per heavy atom. The first-order valence-electron chi connectivity index (χ1n) is 17.4. The van der Waals surface area contributed by atoms with E-state index in [9.17, 15) is 0 Å². The van der Waals surface area contributed by atoms with Crippen LogP contribution in [0.4, 0.5) is 0 Å². The summed E-state index contributed by atoms with van der Waals surface area (Å²) in [6, 6.07) is 63.5. The van der Waals surface area contributed by atoms with Crippen LogP contribution in [-0.4, -0.2) is 18.7 Å². The molecule has 4 aromatic heterocycles. The Bertz CT molecular complexity index is 3070. The van der Waals surface area contributed by atoms with E-state index in [1.54, 1.807) is 0 Å². The van der Waals surface area contributed by atoms with Crippen molar-refractivity contribution in [2.45, 2.75) is 0 Å². The van der Waals surface area contributed by atoms with Gasteiger partial charge < -0.3 is 9.13 Å². The van der Waals surface area contributed by atoms with E-state index < -0.39 is 0 Å². The lowest BCUT2D eigenvalue weighted by atomic mass is 9.99. The minimum atomic E-state index is 0.962. The van der Waals surface area contributed by atoms with Crippen molar-refractivity contribution in [2.24, 2.45) is 0 Å².